The van der Waals surface area contributed by atoms with Gasteiger partial charge in [0.1, 0.15) is 0 Å². The Labute approximate surface area is 68.9 Å². The minimum atomic E-state index is -1.10. The quantitative estimate of drug-likeness (QED) is 0.606. The monoisotopic (exact) mass is 174 g/mol. The molecular formula is C7H10O5. The molecule has 5 nitrogen and oxygen atoms in total. The van der Waals surface area contributed by atoms with Gasteiger partial charge in [-0.25, -0.2) is 0 Å². The van der Waals surface area contributed by atoms with Crippen LogP contribution < -0.4 is 0 Å². The fourth-order valence-electron chi connectivity index (χ4n) is 1.28. The van der Waals surface area contributed by atoms with Crippen molar-refractivity contribution in [1.29, 1.82) is 0 Å². The van der Waals surface area contributed by atoms with Crippen LogP contribution in [0.4, 0.5) is 0 Å². The van der Waals surface area contributed by atoms with E-state index < -0.39 is 23.8 Å². The second-order valence-corrected chi connectivity index (χ2v) is 2.75. The van der Waals surface area contributed by atoms with Gasteiger partial charge in [-0.15, -0.1) is 0 Å². The van der Waals surface area contributed by atoms with Crippen LogP contribution >= 0.6 is 0 Å². The van der Waals surface area contributed by atoms with Gasteiger partial charge in [-0.05, 0) is 6.42 Å². The molecule has 0 aromatic rings. The number of carboxylic acid groups (broad SMARTS) is 2. The average molecular weight is 174 g/mol. The summed E-state index contributed by atoms with van der Waals surface area (Å²) in [6.07, 6.45) is 0.284. The first-order chi connectivity index (χ1) is 5.63. The largest absolute Gasteiger partial charge is 0.481 e. The number of carboxylic acids is 2. The molecule has 1 fully saturated rings. The number of ether oxygens (including phenoxy) is 1. The van der Waals surface area contributed by atoms with Gasteiger partial charge in [-0.3, -0.25) is 9.59 Å². The maximum Gasteiger partial charge on any atom is 0.309 e. The minimum Gasteiger partial charge on any atom is -0.481 e. The summed E-state index contributed by atoms with van der Waals surface area (Å²) >= 11 is 0. The molecule has 0 saturated carbocycles. The molecule has 0 aliphatic carbocycles. The summed E-state index contributed by atoms with van der Waals surface area (Å²) in [6.45, 7) is 0.340. The lowest BCUT2D eigenvalue weighted by Gasteiger charge is -2.24. The average Bonchev–Trinajstić information content (AvgIpc) is 2.04. The Kier molecular flexibility index (Phi) is 2.65. The molecule has 0 radical (unpaired) electrons. The molecule has 0 bridgehead atoms. The van der Waals surface area contributed by atoms with Crippen LogP contribution in [0.3, 0.4) is 0 Å². The van der Waals surface area contributed by atoms with Crippen LogP contribution in [0.2, 0.25) is 0 Å². The molecule has 5 heteroatoms. The molecule has 68 valence electrons. The van der Waals surface area contributed by atoms with Crippen molar-refractivity contribution in [2.75, 3.05) is 13.2 Å². The summed E-state index contributed by atoms with van der Waals surface area (Å²) < 4.78 is 4.88. The van der Waals surface area contributed by atoms with E-state index in [9.17, 15) is 9.59 Å². The van der Waals surface area contributed by atoms with E-state index in [2.05, 4.69) is 0 Å². The molecule has 12 heavy (non-hydrogen) atoms. The normalized spacial score (nSPS) is 29.7. The summed E-state index contributed by atoms with van der Waals surface area (Å²) in [5, 5.41) is 17.3. The Morgan fingerprint density at radius 3 is 2.17 bits per heavy atom. The lowest BCUT2D eigenvalue weighted by Crippen LogP contribution is -2.37. The number of hydrogen-bond donors (Lipinski definition) is 2. The maximum absolute atomic E-state index is 10.6. The summed E-state index contributed by atoms with van der Waals surface area (Å²) in [7, 11) is 0. The Morgan fingerprint density at radius 1 is 1.17 bits per heavy atom. The molecule has 2 N–H and O–H groups in total. The lowest BCUT2D eigenvalue weighted by molar-refractivity contribution is -0.161. The van der Waals surface area contributed by atoms with E-state index in [1.54, 1.807) is 0 Å². The van der Waals surface area contributed by atoms with E-state index in [1.807, 2.05) is 0 Å². The van der Waals surface area contributed by atoms with E-state index in [-0.39, 0.29) is 13.0 Å². The summed E-state index contributed by atoms with van der Waals surface area (Å²) in [4.78, 5) is 21.1. The van der Waals surface area contributed by atoms with Gasteiger partial charge >= 0.3 is 11.9 Å². The van der Waals surface area contributed by atoms with Crippen LogP contribution in [0.5, 0.6) is 0 Å². The van der Waals surface area contributed by atoms with Crippen LogP contribution in [-0.4, -0.2) is 35.4 Å². The predicted molar refractivity (Wildman–Crippen MR) is 37.7 cm³/mol. The van der Waals surface area contributed by atoms with Gasteiger partial charge < -0.3 is 14.9 Å². The topological polar surface area (TPSA) is 83.8 Å². The molecule has 0 amide bonds. The van der Waals surface area contributed by atoms with Crippen LogP contribution in [0.25, 0.3) is 0 Å². The van der Waals surface area contributed by atoms with Gasteiger partial charge in [0.2, 0.25) is 0 Å². The Morgan fingerprint density at radius 2 is 1.75 bits per heavy atom. The fraction of sp³-hybridized carbons (Fsp3) is 0.714. The van der Waals surface area contributed by atoms with Gasteiger partial charge in [-0.2, -0.15) is 0 Å². The van der Waals surface area contributed by atoms with E-state index in [1.165, 1.54) is 0 Å². The zero-order valence-corrected chi connectivity index (χ0v) is 6.40. The fourth-order valence-corrected chi connectivity index (χ4v) is 1.28. The molecule has 1 aliphatic rings. The first-order valence-corrected chi connectivity index (χ1v) is 3.66. The van der Waals surface area contributed by atoms with Gasteiger partial charge in [0.05, 0.1) is 18.4 Å². The molecule has 2 atom stereocenters. The maximum atomic E-state index is 10.6. The molecule has 0 spiro atoms. The van der Waals surface area contributed by atoms with Crippen molar-refractivity contribution in [3.63, 3.8) is 0 Å². The SMILES string of the molecule is O=C(O)[C@H]1COCC[C@H]1C(=O)O. The number of hydrogen-bond acceptors (Lipinski definition) is 3. The van der Waals surface area contributed by atoms with Gasteiger partial charge in [0.15, 0.2) is 0 Å². The van der Waals surface area contributed by atoms with E-state index in [4.69, 9.17) is 14.9 Å². The van der Waals surface area contributed by atoms with E-state index in [0.29, 0.717) is 6.61 Å². The van der Waals surface area contributed by atoms with Crippen molar-refractivity contribution < 1.29 is 24.5 Å². The first-order valence-electron chi connectivity index (χ1n) is 3.66. The molecule has 0 aromatic carbocycles. The highest BCUT2D eigenvalue weighted by Gasteiger charge is 2.36. The van der Waals surface area contributed by atoms with Crippen molar-refractivity contribution >= 4 is 11.9 Å². The van der Waals surface area contributed by atoms with Crippen molar-refractivity contribution in [3.05, 3.63) is 0 Å². The summed E-state index contributed by atoms with van der Waals surface area (Å²) in [6, 6.07) is 0. The summed E-state index contributed by atoms with van der Waals surface area (Å²) in [5.74, 6) is -3.83. The summed E-state index contributed by atoms with van der Waals surface area (Å²) in [5.41, 5.74) is 0. The smallest absolute Gasteiger partial charge is 0.309 e. The minimum absolute atomic E-state index is 0.00625. The van der Waals surface area contributed by atoms with Crippen LogP contribution in [-0.2, 0) is 14.3 Å². The third kappa shape index (κ3) is 1.73. The number of rotatable bonds is 2. The predicted octanol–water partition coefficient (Wildman–Crippen LogP) is -0.192. The van der Waals surface area contributed by atoms with Gasteiger partial charge in [0, 0.05) is 6.61 Å². The molecule has 0 aromatic heterocycles. The molecule has 0 unspecified atom stereocenters. The molecular weight excluding hydrogens is 164 g/mol. The molecule has 1 aliphatic heterocycles. The highest BCUT2D eigenvalue weighted by molar-refractivity contribution is 5.80. The zero-order chi connectivity index (χ0) is 9.14. The van der Waals surface area contributed by atoms with Crippen LogP contribution in [0, 0.1) is 11.8 Å². The third-order valence-corrected chi connectivity index (χ3v) is 1.99. The van der Waals surface area contributed by atoms with Crippen LogP contribution in [0.1, 0.15) is 6.42 Å². The van der Waals surface area contributed by atoms with Crippen molar-refractivity contribution in [2.24, 2.45) is 11.8 Å². The number of aliphatic carboxylic acids is 2. The van der Waals surface area contributed by atoms with E-state index in [0.717, 1.165) is 0 Å². The van der Waals surface area contributed by atoms with Crippen molar-refractivity contribution in [3.8, 4) is 0 Å². The first kappa shape index (κ1) is 8.99. The second kappa shape index (κ2) is 3.53. The lowest BCUT2D eigenvalue weighted by atomic mass is 9.89. The molecule has 1 saturated heterocycles. The van der Waals surface area contributed by atoms with E-state index >= 15 is 0 Å². The van der Waals surface area contributed by atoms with Gasteiger partial charge in [0.25, 0.3) is 0 Å². The van der Waals surface area contributed by atoms with Crippen molar-refractivity contribution in [2.45, 2.75) is 6.42 Å². The highest BCUT2D eigenvalue weighted by atomic mass is 16.5. The van der Waals surface area contributed by atoms with Crippen LogP contribution in [0.15, 0.2) is 0 Å². The molecule has 1 rings (SSSR count). The second-order valence-electron chi connectivity index (χ2n) is 2.75. The standard InChI is InChI=1S/C7H10O5/c8-6(9)4-1-2-12-3-5(4)7(10)11/h4-5H,1-3H2,(H,8,9)(H,10,11)/t4-,5+/m1/s1. The van der Waals surface area contributed by atoms with Gasteiger partial charge in [-0.1, -0.05) is 0 Å². The Bertz CT molecular complexity index is 178. The Hall–Kier alpha value is -1.10. The third-order valence-electron chi connectivity index (χ3n) is 1.99. The molecule has 1 heterocycles. The Balaban J connectivity index is 2.67. The van der Waals surface area contributed by atoms with Crippen molar-refractivity contribution in [1.82, 2.24) is 0 Å². The highest BCUT2D eigenvalue weighted by Crippen LogP contribution is 2.22. The zero-order valence-electron chi connectivity index (χ0n) is 6.40. The number of carbonyl (C=O) groups is 2.